The van der Waals surface area contributed by atoms with Crippen LogP contribution in [0.15, 0.2) is 46.5 Å². The lowest BCUT2D eigenvalue weighted by atomic mass is 10.2. The van der Waals surface area contributed by atoms with Gasteiger partial charge in [-0.3, -0.25) is 0 Å². The molecule has 0 saturated heterocycles. The Bertz CT molecular complexity index is 296. The van der Waals surface area contributed by atoms with E-state index in [-0.39, 0.29) is 5.82 Å². The summed E-state index contributed by atoms with van der Waals surface area (Å²) in [6, 6.07) is 8.91. The van der Waals surface area contributed by atoms with Crippen LogP contribution in [0.4, 0.5) is 0 Å². The summed E-state index contributed by atoms with van der Waals surface area (Å²) in [5.41, 5.74) is 0.728. The number of hydrogen-bond acceptors (Lipinski definition) is 4. The Kier molecular flexibility index (Phi) is 2.84. The number of benzene rings is 1. The maximum atomic E-state index is 9.93. The molecular formula is C8H6N2O2. The number of hydrogen-bond donors (Lipinski definition) is 0. The molecule has 0 saturated carbocycles. The zero-order valence-electron chi connectivity index (χ0n) is 6.18. The summed E-state index contributed by atoms with van der Waals surface area (Å²) >= 11 is 0. The van der Waals surface area contributed by atoms with Crippen LogP contribution in [0.25, 0.3) is 6.08 Å². The highest BCUT2D eigenvalue weighted by Gasteiger charge is 1.94. The third-order valence-corrected chi connectivity index (χ3v) is 1.28. The van der Waals surface area contributed by atoms with Gasteiger partial charge in [-0.25, -0.2) is 0 Å². The van der Waals surface area contributed by atoms with Gasteiger partial charge in [0.25, 0.3) is 0 Å². The lowest BCUT2D eigenvalue weighted by molar-refractivity contribution is 1.23. The number of nitroso groups, excluding NO2 is 2. The van der Waals surface area contributed by atoms with E-state index in [1.54, 1.807) is 24.3 Å². The second-order valence-electron chi connectivity index (χ2n) is 2.10. The van der Waals surface area contributed by atoms with E-state index in [1.165, 1.54) is 6.08 Å². The number of rotatable bonds is 3. The Hall–Kier alpha value is -1.84. The van der Waals surface area contributed by atoms with Crippen molar-refractivity contribution >= 4 is 6.08 Å². The molecule has 0 fully saturated rings. The second-order valence-corrected chi connectivity index (χ2v) is 2.10. The van der Waals surface area contributed by atoms with Crippen LogP contribution in [0.2, 0.25) is 0 Å². The predicted molar refractivity (Wildman–Crippen MR) is 46.0 cm³/mol. The van der Waals surface area contributed by atoms with Crippen LogP contribution in [0, 0.1) is 9.81 Å². The van der Waals surface area contributed by atoms with Gasteiger partial charge in [0.05, 0.1) is 0 Å². The van der Waals surface area contributed by atoms with Crippen LogP contribution in [-0.2, 0) is 0 Å². The molecule has 4 heteroatoms. The van der Waals surface area contributed by atoms with E-state index >= 15 is 0 Å². The van der Waals surface area contributed by atoms with E-state index in [9.17, 15) is 9.81 Å². The molecule has 0 aliphatic rings. The molecule has 0 unspecified atom stereocenters. The summed E-state index contributed by atoms with van der Waals surface area (Å²) in [4.78, 5) is 19.9. The Morgan fingerprint density at radius 1 is 1.08 bits per heavy atom. The molecule has 0 aromatic heterocycles. The first-order valence-corrected chi connectivity index (χ1v) is 3.30. The van der Waals surface area contributed by atoms with Crippen LogP contribution in [0.5, 0.6) is 0 Å². The standard InChI is InChI=1S/C8H6N2O2/c11-9-8(10-12)6-7-4-2-1-3-5-7/h1-6H. The molecule has 60 valence electrons. The van der Waals surface area contributed by atoms with E-state index in [4.69, 9.17) is 0 Å². The summed E-state index contributed by atoms with van der Waals surface area (Å²) in [7, 11) is 0. The molecule has 12 heavy (non-hydrogen) atoms. The Labute approximate surface area is 68.9 Å². The molecule has 0 aliphatic carbocycles. The topological polar surface area (TPSA) is 58.9 Å². The smallest absolute Gasteiger partial charge is 0.143 e. The molecule has 1 aromatic carbocycles. The monoisotopic (exact) mass is 162 g/mol. The molecule has 0 heterocycles. The van der Waals surface area contributed by atoms with Crippen LogP contribution in [0.1, 0.15) is 5.56 Å². The summed E-state index contributed by atoms with van der Waals surface area (Å²) in [5, 5.41) is 4.87. The zero-order valence-corrected chi connectivity index (χ0v) is 6.18. The average molecular weight is 162 g/mol. The Balaban J connectivity index is 2.93. The Morgan fingerprint density at radius 3 is 2.17 bits per heavy atom. The van der Waals surface area contributed by atoms with Crippen LogP contribution in [0.3, 0.4) is 0 Å². The highest BCUT2D eigenvalue weighted by atomic mass is 16.3. The summed E-state index contributed by atoms with van der Waals surface area (Å²) in [6.07, 6.45) is 1.32. The van der Waals surface area contributed by atoms with Crippen molar-refractivity contribution in [3.8, 4) is 0 Å². The van der Waals surface area contributed by atoms with E-state index in [2.05, 4.69) is 10.4 Å². The predicted octanol–water partition coefficient (Wildman–Crippen LogP) is 2.52. The molecule has 0 bridgehead atoms. The maximum absolute atomic E-state index is 9.93. The van der Waals surface area contributed by atoms with Gasteiger partial charge < -0.3 is 0 Å². The largest absolute Gasteiger partial charge is 0.240 e. The first-order valence-electron chi connectivity index (χ1n) is 3.30. The first-order chi connectivity index (χ1) is 5.86. The van der Waals surface area contributed by atoms with Gasteiger partial charge in [-0.15, -0.1) is 9.81 Å². The third kappa shape index (κ3) is 2.09. The molecule has 0 atom stereocenters. The van der Waals surface area contributed by atoms with Gasteiger partial charge in [0.2, 0.25) is 5.82 Å². The van der Waals surface area contributed by atoms with Gasteiger partial charge in [-0.1, -0.05) is 30.3 Å². The van der Waals surface area contributed by atoms with Crippen molar-refractivity contribution in [3.63, 3.8) is 0 Å². The van der Waals surface area contributed by atoms with Gasteiger partial charge in [0, 0.05) is 0 Å². The van der Waals surface area contributed by atoms with Crippen molar-refractivity contribution in [2.75, 3.05) is 0 Å². The molecule has 1 aromatic rings. The molecule has 0 aliphatic heterocycles. The molecule has 0 radical (unpaired) electrons. The van der Waals surface area contributed by atoms with Crippen molar-refractivity contribution in [2.45, 2.75) is 0 Å². The third-order valence-electron chi connectivity index (χ3n) is 1.28. The lowest BCUT2D eigenvalue weighted by Gasteiger charge is -1.88. The summed E-state index contributed by atoms with van der Waals surface area (Å²) in [6.45, 7) is 0. The molecule has 0 spiro atoms. The van der Waals surface area contributed by atoms with Crippen molar-refractivity contribution in [1.82, 2.24) is 0 Å². The second kappa shape index (κ2) is 4.12. The lowest BCUT2D eigenvalue weighted by Crippen LogP contribution is -1.72. The SMILES string of the molecule is O=NC(=Cc1ccccc1)N=O. The average Bonchev–Trinajstić information content (AvgIpc) is 2.16. The minimum atomic E-state index is -0.346. The van der Waals surface area contributed by atoms with Crippen molar-refractivity contribution in [3.05, 3.63) is 51.5 Å². The van der Waals surface area contributed by atoms with Crippen molar-refractivity contribution < 1.29 is 0 Å². The fourth-order valence-electron chi connectivity index (χ4n) is 0.768. The molecule has 4 nitrogen and oxygen atoms in total. The van der Waals surface area contributed by atoms with Gasteiger partial charge in [0.1, 0.15) is 0 Å². The Morgan fingerprint density at radius 2 is 1.67 bits per heavy atom. The van der Waals surface area contributed by atoms with Crippen LogP contribution < -0.4 is 0 Å². The van der Waals surface area contributed by atoms with Gasteiger partial charge in [-0.05, 0) is 22.0 Å². The fraction of sp³-hybridized carbons (Fsp3) is 0. The summed E-state index contributed by atoms with van der Waals surface area (Å²) in [5.74, 6) is -0.346. The molecule has 0 amide bonds. The minimum absolute atomic E-state index is 0.346. The van der Waals surface area contributed by atoms with E-state index in [0.29, 0.717) is 0 Å². The minimum Gasteiger partial charge on any atom is -0.143 e. The molecular weight excluding hydrogens is 156 g/mol. The van der Waals surface area contributed by atoms with Gasteiger partial charge in [-0.2, -0.15) is 0 Å². The maximum Gasteiger partial charge on any atom is 0.240 e. The quantitative estimate of drug-likeness (QED) is 0.641. The highest BCUT2D eigenvalue weighted by Crippen LogP contribution is 2.07. The summed E-state index contributed by atoms with van der Waals surface area (Å²) < 4.78 is 0. The number of nitrogens with zero attached hydrogens (tertiary/aromatic N) is 2. The molecule has 0 N–H and O–H groups in total. The van der Waals surface area contributed by atoms with Gasteiger partial charge in [0.15, 0.2) is 0 Å². The normalized spacial score (nSPS) is 8.67. The van der Waals surface area contributed by atoms with Crippen LogP contribution >= 0.6 is 0 Å². The highest BCUT2D eigenvalue weighted by molar-refractivity contribution is 5.51. The van der Waals surface area contributed by atoms with Crippen LogP contribution in [-0.4, -0.2) is 0 Å². The van der Waals surface area contributed by atoms with E-state index < -0.39 is 0 Å². The zero-order chi connectivity index (χ0) is 8.81. The van der Waals surface area contributed by atoms with Crippen molar-refractivity contribution in [2.24, 2.45) is 10.4 Å². The van der Waals surface area contributed by atoms with E-state index in [1.807, 2.05) is 6.07 Å². The molecule has 1 rings (SSSR count). The van der Waals surface area contributed by atoms with Gasteiger partial charge >= 0.3 is 0 Å². The van der Waals surface area contributed by atoms with Crippen molar-refractivity contribution in [1.29, 1.82) is 0 Å². The first kappa shape index (κ1) is 8.26. The van der Waals surface area contributed by atoms with E-state index in [0.717, 1.165) is 5.56 Å². The fourth-order valence-corrected chi connectivity index (χ4v) is 0.768.